The number of rotatable bonds is 7. The molecule has 1 saturated heterocycles. The van der Waals surface area contributed by atoms with Gasteiger partial charge in [0, 0.05) is 19.1 Å². The second-order valence-electron chi connectivity index (χ2n) is 7.01. The lowest BCUT2D eigenvalue weighted by atomic mass is 9.87. The van der Waals surface area contributed by atoms with Crippen molar-refractivity contribution < 1.29 is 8.42 Å². The molecule has 1 aliphatic carbocycles. The quantitative estimate of drug-likeness (QED) is 0.785. The van der Waals surface area contributed by atoms with Gasteiger partial charge in [-0.2, -0.15) is 0 Å². The van der Waals surface area contributed by atoms with Crippen LogP contribution in [0, 0.1) is 11.8 Å². The van der Waals surface area contributed by atoms with E-state index >= 15 is 0 Å². The van der Waals surface area contributed by atoms with Crippen molar-refractivity contribution in [3.63, 3.8) is 0 Å². The van der Waals surface area contributed by atoms with Crippen molar-refractivity contribution in [3.8, 4) is 0 Å². The second kappa shape index (κ2) is 7.93. The van der Waals surface area contributed by atoms with Crippen LogP contribution in [-0.2, 0) is 10.0 Å². The minimum atomic E-state index is -3.02. The largest absolute Gasteiger partial charge is 0.314 e. The minimum absolute atomic E-state index is 0.527. The van der Waals surface area contributed by atoms with Crippen LogP contribution in [0.25, 0.3) is 0 Å². The van der Waals surface area contributed by atoms with Crippen LogP contribution in [-0.4, -0.2) is 44.7 Å². The number of hydrogen-bond acceptors (Lipinski definition) is 3. The Balaban J connectivity index is 1.86. The molecular formula is C16H32N2O2S. The molecule has 21 heavy (non-hydrogen) atoms. The Morgan fingerprint density at radius 2 is 1.71 bits per heavy atom. The number of sulfonamides is 1. The van der Waals surface area contributed by atoms with Crippen molar-refractivity contribution in [2.24, 2.45) is 11.8 Å². The van der Waals surface area contributed by atoms with Crippen LogP contribution >= 0.6 is 0 Å². The van der Waals surface area contributed by atoms with Crippen LogP contribution in [0.2, 0.25) is 0 Å². The predicted molar refractivity (Wildman–Crippen MR) is 87.8 cm³/mol. The van der Waals surface area contributed by atoms with Crippen LogP contribution in [0.1, 0.15) is 58.3 Å². The smallest absolute Gasteiger partial charge is 0.211 e. The van der Waals surface area contributed by atoms with Crippen molar-refractivity contribution in [1.29, 1.82) is 0 Å². The third-order valence-corrected chi connectivity index (χ3v) is 6.42. The first-order valence-corrected chi connectivity index (χ1v) is 10.5. The molecule has 2 fully saturated rings. The van der Waals surface area contributed by atoms with Gasteiger partial charge in [-0.25, -0.2) is 12.7 Å². The molecular weight excluding hydrogens is 284 g/mol. The standard InChI is InChI=1S/C16H32N2O2S/c1-3-17-16(11-14-7-4-5-8-14)12-15-9-6-10-18(13-15)21(2,19)20/h14-17H,3-13H2,1-2H3. The normalized spacial score (nSPS) is 27.0. The lowest BCUT2D eigenvalue weighted by Gasteiger charge is -2.33. The SMILES string of the molecule is CCNC(CC1CCCC1)CC1CCCN(S(C)(=O)=O)C1. The van der Waals surface area contributed by atoms with E-state index in [-0.39, 0.29) is 0 Å². The number of piperidine rings is 1. The topological polar surface area (TPSA) is 49.4 Å². The highest BCUT2D eigenvalue weighted by Gasteiger charge is 2.28. The lowest BCUT2D eigenvalue weighted by molar-refractivity contribution is 0.227. The second-order valence-corrected chi connectivity index (χ2v) is 8.99. The minimum Gasteiger partial charge on any atom is -0.314 e. The highest BCUT2D eigenvalue weighted by Crippen LogP contribution is 2.31. The van der Waals surface area contributed by atoms with Gasteiger partial charge >= 0.3 is 0 Å². The summed E-state index contributed by atoms with van der Waals surface area (Å²) in [6.07, 6.45) is 11.5. The summed E-state index contributed by atoms with van der Waals surface area (Å²) in [5.41, 5.74) is 0. The summed E-state index contributed by atoms with van der Waals surface area (Å²) in [6.45, 7) is 4.63. The van der Waals surface area contributed by atoms with Crippen molar-refractivity contribution in [2.75, 3.05) is 25.9 Å². The summed E-state index contributed by atoms with van der Waals surface area (Å²) in [6, 6.07) is 0.572. The average Bonchev–Trinajstić information content (AvgIpc) is 2.91. The van der Waals surface area contributed by atoms with Crippen LogP contribution < -0.4 is 5.32 Å². The maximum atomic E-state index is 11.7. The van der Waals surface area contributed by atoms with Crippen molar-refractivity contribution in [1.82, 2.24) is 9.62 Å². The third kappa shape index (κ3) is 5.53. The summed E-state index contributed by atoms with van der Waals surface area (Å²) in [5, 5.41) is 3.64. The van der Waals surface area contributed by atoms with Gasteiger partial charge in [0.2, 0.25) is 10.0 Å². The van der Waals surface area contributed by atoms with Gasteiger partial charge < -0.3 is 5.32 Å². The first kappa shape index (κ1) is 17.2. The maximum Gasteiger partial charge on any atom is 0.211 e. The van der Waals surface area contributed by atoms with E-state index in [1.165, 1.54) is 44.8 Å². The van der Waals surface area contributed by atoms with Crippen molar-refractivity contribution >= 4 is 10.0 Å². The van der Waals surface area contributed by atoms with Gasteiger partial charge in [-0.15, -0.1) is 0 Å². The summed E-state index contributed by atoms with van der Waals surface area (Å²) in [5.74, 6) is 1.42. The van der Waals surface area contributed by atoms with Crippen molar-refractivity contribution in [3.05, 3.63) is 0 Å². The fourth-order valence-corrected chi connectivity index (χ4v) is 5.07. The molecule has 0 bridgehead atoms. The molecule has 1 heterocycles. The van der Waals surface area contributed by atoms with E-state index in [1.807, 2.05) is 0 Å². The fourth-order valence-electron chi connectivity index (χ4n) is 4.12. The zero-order chi connectivity index (χ0) is 15.3. The molecule has 5 heteroatoms. The Labute approximate surface area is 130 Å². The highest BCUT2D eigenvalue weighted by atomic mass is 32.2. The molecule has 0 aromatic rings. The number of hydrogen-bond donors (Lipinski definition) is 1. The van der Waals surface area contributed by atoms with E-state index in [4.69, 9.17) is 0 Å². The molecule has 2 unspecified atom stereocenters. The van der Waals surface area contributed by atoms with E-state index in [0.29, 0.717) is 18.5 Å². The molecule has 0 spiro atoms. The fraction of sp³-hybridized carbons (Fsp3) is 1.00. The van der Waals surface area contributed by atoms with Gasteiger partial charge in [0.1, 0.15) is 0 Å². The Morgan fingerprint density at radius 3 is 2.33 bits per heavy atom. The van der Waals surface area contributed by atoms with Gasteiger partial charge in [0.25, 0.3) is 0 Å². The van der Waals surface area contributed by atoms with E-state index in [1.54, 1.807) is 4.31 Å². The first-order valence-electron chi connectivity index (χ1n) is 8.67. The monoisotopic (exact) mass is 316 g/mol. The van der Waals surface area contributed by atoms with Gasteiger partial charge in [-0.3, -0.25) is 0 Å². The molecule has 124 valence electrons. The lowest BCUT2D eigenvalue weighted by Crippen LogP contribution is -2.42. The summed E-state index contributed by atoms with van der Waals surface area (Å²) >= 11 is 0. The highest BCUT2D eigenvalue weighted by molar-refractivity contribution is 7.88. The van der Waals surface area contributed by atoms with Gasteiger partial charge in [0.15, 0.2) is 0 Å². The summed E-state index contributed by atoms with van der Waals surface area (Å²) in [7, 11) is -3.02. The van der Waals surface area contributed by atoms with Gasteiger partial charge in [0.05, 0.1) is 6.26 Å². The molecule has 4 nitrogen and oxygen atoms in total. The van der Waals surface area contributed by atoms with Crippen molar-refractivity contribution in [2.45, 2.75) is 64.3 Å². The number of nitrogens with one attached hydrogen (secondary N) is 1. The van der Waals surface area contributed by atoms with Crippen LogP contribution in [0.15, 0.2) is 0 Å². The molecule has 2 aliphatic rings. The molecule has 0 amide bonds. The molecule has 2 atom stereocenters. The van der Waals surface area contributed by atoms with E-state index in [2.05, 4.69) is 12.2 Å². The molecule has 0 radical (unpaired) electrons. The Morgan fingerprint density at radius 1 is 1.10 bits per heavy atom. The first-order chi connectivity index (χ1) is 9.99. The van der Waals surface area contributed by atoms with Crippen LogP contribution in [0.3, 0.4) is 0 Å². The maximum absolute atomic E-state index is 11.7. The van der Waals surface area contributed by atoms with E-state index in [9.17, 15) is 8.42 Å². The zero-order valence-electron chi connectivity index (χ0n) is 13.7. The number of nitrogens with zero attached hydrogens (tertiary/aromatic N) is 1. The average molecular weight is 317 g/mol. The third-order valence-electron chi connectivity index (χ3n) is 5.15. The van der Waals surface area contributed by atoms with E-state index in [0.717, 1.165) is 31.8 Å². The Hall–Kier alpha value is -0.130. The molecule has 1 N–H and O–H groups in total. The Kier molecular flexibility index (Phi) is 6.51. The zero-order valence-corrected chi connectivity index (χ0v) is 14.5. The molecule has 1 saturated carbocycles. The molecule has 2 rings (SSSR count). The van der Waals surface area contributed by atoms with Crippen LogP contribution in [0.5, 0.6) is 0 Å². The molecule has 0 aromatic heterocycles. The molecule has 0 aromatic carbocycles. The summed E-state index contributed by atoms with van der Waals surface area (Å²) < 4.78 is 25.1. The van der Waals surface area contributed by atoms with Crippen LogP contribution in [0.4, 0.5) is 0 Å². The summed E-state index contributed by atoms with van der Waals surface area (Å²) in [4.78, 5) is 0. The Bertz CT molecular complexity index is 405. The van der Waals surface area contributed by atoms with Gasteiger partial charge in [-0.05, 0) is 44.1 Å². The predicted octanol–water partition coefficient (Wildman–Crippen LogP) is 2.61. The van der Waals surface area contributed by atoms with E-state index < -0.39 is 10.0 Å². The molecule has 1 aliphatic heterocycles. The van der Waals surface area contributed by atoms with Gasteiger partial charge in [-0.1, -0.05) is 32.6 Å².